The molecule has 296 valence electrons. The largest absolute Gasteiger partial charge is 0.490 e. The normalized spacial score (nSPS) is 34.2. The first kappa shape index (κ1) is 39.6. The minimum atomic E-state index is -2.95. The number of benzene rings is 2. The summed E-state index contributed by atoms with van der Waals surface area (Å²) in [4.78, 5) is 21.3. The summed E-state index contributed by atoms with van der Waals surface area (Å²) in [5, 5.41) is 0.439. The van der Waals surface area contributed by atoms with Crippen LogP contribution in [0.1, 0.15) is 74.4 Å². The third-order valence-electron chi connectivity index (χ3n) is 13.4. The number of ether oxygens (including phenoxy) is 3. The minimum Gasteiger partial charge on any atom is -0.490 e. The Kier molecular flexibility index (Phi) is 12.1. The Morgan fingerprint density at radius 2 is 1.81 bits per heavy atom. The maximum atomic E-state index is 14.0. The van der Waals surface area contributed by atoms with Gasteiger partial charge in [-0.05, 0) is 117 Å². The van der Waals surface area contributed by atoms with Crippen LogP contribution in [0.5, 0.6) is 5.75 Å². The van der Waals surface area contributed by atoms with Crippen molar-refractivity contribution in [2.45, 2.75) is 75.6 Å². The van der Waals surface area contributed by atoms with Crippen molar-refractivity contribution in [3.63, 3.8) is 0 Å². The lowest BCUT2D eigenvalue weighted by Crippen LogP contribution is -2.53. The number of halogens is 1. The first-order chi connectivity index (χ1) is 25.9. The van der Waals surface area contributed by atoms with Gasteiger partial charge < -0.3 is 19.1 Å². The second-order valence-electron chi connectivity index (χ2n) is 16.9. The van der Waals surface area contributed by atoms with Crippen molar-refractivity contribution >= 4 is 38.8 Å². The molecule has 1 amide bonds. The number of aryl methyl sites for hydroxylation is 1. The average Bonchev–Trinajstić information content (AvgIpc) is 3.28. The van der Waals surface area contributed by atoms with Gasteiger partial charge in [-0.3, -0.25) is 19.3 Å². The van der Waals surface area contributed by atoms with E-state index in [-0.39, 0.29) is 22.5 Å². The van der Waals surface area contributed by atoms with Gasteiger partial charge in [-0.25, -0.2) is 4.21 Å². The molecule has 2 fully saturated rings. The van der Waals surface area contributed by atoms with Crippen LogP contribution in [0.15, 0.2) is 48.6 Å². The molecule has 11 heteroatoms. The Hall–Kier alpha value is -2.60. The molecule has 1 saturated carbocycles. The highest BCUT2D eigenvalue weighted by molar-refractivity contribution is 7.99. The fourth-order valence-corrected chi connectivity index (χ4v) is 11.3. The molecule has 5 aliphatic rings. The van der Waals surface area contributed by atoms with E-state index in [1.165, 1.54) is 11.1 Å². The fourth-order valence-electron chi connectivity index (χ4n) is 9.60. The van der Waals surface area contributed by atoms with Crippen molar-refractivity contribution in [2.75, 3.05) is 84.2 Å². The first-order valence-corrected chi connectivity index (χ1v) is 22.3. The number of allylic oxidation sites excluding steroid dienone is 1. The summed E-state index contributed by atoms with van der Waals surface area (Å²) >= 11 is 6.51. The van der Waals surface area contributed by atoms with E-state index in [0.29, 0.717) is 30.6 Å². The van der Waals surface area contributed by atoms with Crippen LogP contribution in [0.3, 0.4) is 0 Å². The molecule has 2 aliphatic carbocycles. The molecular formula is C43H61ClN4O5S. The molecule has 54 heavy (non-hydrogen) atoms. The molecule has 0 aromatic heterocycles. The molecule has 9 nitrogen and oxygen atoms in total. The number of hydrogen-bond donors (Lipinski definition) is 1. The van der Waals surface area contributed by atoms with E-state index in [0.717, 1.165) is 114 Å². The fraction of sp³-hybridized carbons (Fsp3) is 0.628. The van der Waals surface area contributed by atoms with Crippen LogP contribution in [-0.4, -0.2) is 116 Å². The molecule has 7 atom stereocenters. The number of amides is 1. The molecule has 7 rings (SSSR count). The maximum absolute atomic E-state index is 14.0. The van der Waals surface area contributed by atoms with Crippen molar-refractivity contribution in [1.29, 1.82) is 0 Å². The van der Waals surface area contributed by atoms with Gasteiger partial charge >= 0.3 is 0 Å². The number of anilines is 1. The SMILES string of the molecule is C=S1(=O)NC(=O)c2ccc3c(c2)N(C[C@@H]2CC[C@H]2[C@@](C)(OCCN2CCN(CCOC)CC2)/C=C/C[C@H](C)[C@H]1C)C[C@@]1(CCCc2cc(Cl)ccc21)CO3. The Morgan fingerprint density at radius 3 is 2.54 bits per heavy atom. The van der Waals surface area contributed by atoms with Crippen molar-refractivity contribution in [2.24, 2.45) is 17.8 Å². The van der Waals surface area contributed by atoms with Gasteiger partial charge in [0.1, 0.15) is 5.75 Å². The highest BCUT2D eigenvalue weighted by Gasteiger charge is 2.47. The molecule has 2 bridgehead atoms. The second-order valence-corrected chi connectivity index (χ2v) is 19.8. The van der Waals surface area contributed by atoms with E-state index >= 15 is 0 Å². The van der Waals surface area contributed by atoms with Crippen LogP contribution in [0.25, 0.3) is 0 Å². The quantitative estimate of drug-likeness (QED) is 0.262. The summed E-state index contributed by atoms with van der Waals surface area (Å²) in [6.45, 7) is 16.0. The summed E-state index contributed by atoms with van der Waals surface area (Å²) in [5.41, 5.74) is 3.32. The van der Waals surface area contributed by atoms with E-state index in [2.05, 4.69) is 63.4 Å². The van der Waals surface area contributed by atoms with Crippen LogP contribution in [0.2, 0.25) is 5.02 Å². The topological polar surface area (TPSA) is 83.6 Å². The number of nitrogens with one attached hydrogen (secondary N) is 1. The van der Waals surface area contributed by atoms with E-state index < -0.39 is 15.3 Å². The van der Waals surface area contributed by atoms with Gasteiger partial charge in [0.2, 0.25) is 0 Å². The van der Waals surface area contributed by atoms with Gasteiger partial charge in [0.15, 0.2) is 0 Å². The molecule has 1 N–H and O–H groups in total. The van der Waals surface area contributed by atoms with Crippen LogP contribution < -0.4 is 14.4 Å². The standard InChI is InChI=1S/C43H61ClN4O5S/c1-31-8-6-16-42(3,53-25-23-47-20-18-46(19-21-47)22-24-51-4)37-13-10-35(37)28-48-29-43(17-7-9-33-26-36(44)12-14-38(33)43)30-52-40-15-11-34(27-39(40)48)41(49)45-54(5,50)32(31)2/h6,11-12,14-16,26-27,31-32,35,37H,5,7-10,13,17-25,28-30H2,1-4H3,(H,45,49,50)/b16-6+/t31-,32+,35-,37+,42-,43-,54?/m0/s1. The van der Waals surface area contributed by atoms with Crippen molar-refractivity contribution in [1.82, 2.24) is 14.5 Å². The summed E-state index contributed by atoms with van der Waals surface area (Å²) in [6, 6.07) is 12.0. The highest BCUT2D eigenvalue weighted by atomic mass is 35.5. The Bertz CT molecular complexity index is 1800. The van der Waals surface area contributed by atoms with Crippen molar-refractivity contribution in [3.05, 3.63) is 70.3 Å². The number of methoxy groups -OCH3 is 1. The Morgan fingerprint density at radius 1 is 1.06 bits per heavy atom. The number of carbonyl (C=O) groups is 1. The molecule has 0 radical (unpaired) electrons. The average molecular weight is 782 g/mol. The summed E-state index contributed by atoms with van der Waals surface area (Å²) in [6.07, 6.45) is 10.5. The van der Waals surface area contributed by atoms with Gasteiger partial charge in [0, 0.05) is 80.7 Å². The van der Waals surface area contributed by atoms with Crippen molar-refractivity contribution < 1.29 is 23.2 Å². The molecular weight excluding hydrogens is 720 g/mol. The van der Waals surface area contributed by atoms with Gasteiger partial charge in [-0.15, -0.1) is 0 Å². The number of carbonyl (C=O) groups excluding carboxylic acids is 1. The lowest BCUT2D eigenvalue weighted by molar-refractivity contribution is -0.0917. The lowest BCUT2D eigenvalue weighted by Gasteiger charge is -2.50. The third-order valence-corrected chi connectivity index (χ3v) is 15.9. The lowest BCUT2D eigenvalue weighted by atomic mass is 9.64. The zero-order valence-corrected chi connectivity index (χ0v) is 34.4. The predicted octanol–water partition coefficient (Wildman–Crippen LogP) is 6.22. The Balaban J connectivity index is 1.19. The third kappa shape index (κ3) is 8.40. The number of nitrogens with zero attached hydrogens (tertiary/aromatic N) is 3. The zero-order valence-electron chi connectivity index (χ0n) is 32.8. The summed E-state index contributed by atoms with van der Waals surface area (Å²) in [5.74, 6) is 5.23. The maximum Gasteiger partial charge on any atom is 0.262 e. The van der Waals surface area contributed by atoms with E-state index in [1.807, 2.05) is 25.1 Å². The second kappa shape index (κ2) is 16.5. The van der Waals surface area contributed by atoms with E-state index in [9.17, 15) is 9.00 Å². The smallest absolute Gasteiger partial charge is 0.262 e. The van der Waals surface area contributed by atoms with Crippen LogP contribution in [-0.2, 0) is 31.0 Å². The van der Waals surface area contributed by atoms with Gasteiger partial charge in [0.05, 0.1) is 40.8 Å². The van der Waals surface area contributed by atoms with Crippen LogP contribution >= 0.6 is 11.6 Å². The number of hydrogen-bond acceptors (Lipinski definition) is 8. The van der Waals surface area contributed by atoms with Crippen LogP contribution in [0.4, 0.5) is 5.69 Å². The summed E-state index contributed by atoms with van der Waals surface area (Å²) in [7, 11) is -1.18. The number of fused-ring (bicyclic) bond motifs is 4. The van der Waals surface area contributed by atoms with Crippen molar-refractivity contribution in [3.8, 4) is 5.75 Å². The number of piperazine rings is 1. The molecule has 2 aromatic rings. The monoisotopic (exact) mass is 780 g/mol. The minimum absolute atomic E-state index is 0.0377. The van der Waals surface area contributed by atoms with E-state index in [4.69, 9.17) is 25.8 Å². The molecule has 3 heterocycles. The molecule has 1 spiro atoms. The molecule has 1 saturated heterocycles. The number of rotatable bonds is 7. The predicted molar refractivity (Wildman–Crippen MR) is 221 cm³/mol. The molecule has 2 aromatic carbocycles. The first-order valence-electron chi connectivity index (χ1n) is 20.1. The van der Waals surface area contributed by atoms with Gasteiger partial charge in [-0.2, -0.15) is 0 Å². The summed E-state index contributed by atoms with van der Waals surface area (Å²) < 4.78 is 35.9. The zero-order chi connectivity index (χ0) is 38.1. The van der Waals surface area contributed by atoms with Crippen LogP contribution in [0, 0.1) is 17.8 Å². The van der Waals surface area contributed by atoms with Gasteiger partial charge in [-0.1, -0.05) is 36.7 Å². The van der Waals surface area contributed by atoms with Gasteiger partial charge in [0.25, 0.3) is 5.91 Å². The Labute approximate surface area is 328 Å². The molecule has 1 unspecified atom stereocenters. The molecule has 3 aliphatic heterocycles. The highest BCUT2D eigenvalue weighted by Crippen LogP contribution is 2.49. The van der Waals surface area contributed by atoms with E-state index in [1.54, 1.807) is 13.2 Å².